The van der Waals surface area contributed by atoms with Crippen LogP contribution >= 0.6 is 0 Å². The molecule has 0 aliphatic heterocycles. The first-order valence-corrected chi connectivity index (χ1v) is 3.72. The minimum Gasteiger partial charge on any atom is -0.368 e. The lowest BCUT2D eigenvalue weighted by Crippen LogP contribution is -2.36. The molecule has 4 N–H and O–H groups in total. The van der Waals surface area contributed by atoms with Crippen molar-refractivity contribution in [3.8, 4) is 0 Å². The summed E-state index contributed by atoms with van der Waals surface area (Å²) in [6, 6.07) is -0.495. The van der Waals surface area contributed by atoms with E-state index in [1.54, 1.807) is 0 Å². The normalized spacial score (nSPS) is 12.3. The van der Waals surface area contributed by atoms with E-state index in [0.29, 0.717) is 6.42 Å². The SMILES string of the molecule is CC(C)=CCCC(N)C(N)=O. The Balaban J connectivity index is 3.55. The highest BCUT2D eigenvalue weighted by Crippen LogP contribution is 1.98. The van der Waals surface area contributed by atoms with Gasteiger partial charge < -0.3 is 11.5 Å². The maximum absolute atomic E-state index is 10.5. The van der Waals surface area contributed by atoms with Crippen LogP contribution in [0.15, 0.2) is 11.6 Å². The summed E-state index contributed by atoms with van der Waals surface area (Å²) in [5.41, 5.74) is 11.6. The first-order chi connectivity index (χ1) is 5.04. The fraction of sp³-hybridized carbons (Fsp3) is 0.625. The minimum absolute atomic E-state index is 0.424. The fourth-order valence-corrected chi connectivity index (χ4v) is 0.694. The van der Waals surface area contributed by atoms with Gasteiger partial charge in [-0.3, -0.25) is 4.79 Å². The summed E-state index contributed by atoms with van der Waals surface area (Å²) < 4.78 is 0. The Labute approximate surface area is 67.4 Å². The fourth-order valence-electron chi connectivity index (χ4n) is 0.694. The molecule has 1 atom stereocenters. The molecule has 3 heteroatoms. The smallest absolute Gasteiger partial charge is 0.234 e. The minimum atomic E-state index is -0.495. The average molecular weight is 156 g/mol. The lowest BCUT2D eigenvalue weighted by molar-refractivity contribution is -0.119. The molecule has 64 valence electrons. The molecule has 0 aliphatic carbocycles. The second kappa shape index (κ2) is 4.91. The number of nitrogens with two attached hydrogens (primary N) is 2. The van der Waals surface area contributed by atoms with Crippen molar-refractivity contribution in [2.24, 2.45) is 11.5 Å². The van der Waals surface area contributed by atoms with Crippen LogP contribution in [0.1, 0.15) is 26.7 Å². The number of carbonyl (C=O) groups is 1. The van der Waals surface area contributed by atoms with Gasteiger partial charge in [-0.25, -0.2) is 0 Å². The first-order valence-electron chi connectivity index (χ1n) is 3.72. The van der Waals surface area contributed by atoms with Gasteiger partial charge in [-0.1, -0.05) is 11.6 Å². The number of amides is 1. The largest absolute Gasteiger partial charge is 0.368 e. The summed E-state index contributed by atoms with van der Waals surface area (Å²) in [7, 11) is 0. The van der Waals surface area contributed by atoms with E-state index in [0.717, 1.165) is 6.42 Å². The summed E-state index contributed by atoms with van der Waals surface area (Å²) in [6.07, 6.45) is 3.51. The summed E-state index contributed by atoms with van der Waals surface area (Å²) in [5.74, 6) is -0.424. The Morgan fingerprint density at radius 2 is 2.09 bits per heavy atom. The van der Waals surface area contributed by atoms with Crippen molar-refractivity contribution >= 4 is 5.91 Å². The Bertz CT molecular complexity index is 159. The van der Waals surface area contributed by atoms with Crippen LogP contribution in [0.5, 0.6) is 0 Å². The van der Waals surface area contributed by atoms with E-state index in [4.69, 9.17) is 11.5 Å². The molecular formula is C8H16N2O. The molecular weight excluding hydrogens is 140 g/mol. The molecule has 0 fully saturated rings. The molecule has 0 saturated heterocycles. The molecule has 0 aromatic carbocycles. The van der Waals surface area contributed by atoms with Crippen molar-refractivity contribution < 1.29 is 4.79 Å². The maximum Gasteiger partial charge on any atom is 0.234 e. The quantitative estimate of drug-likeness (QED) is 0.583. The van der Waals surface area contributed by atoms with Crippen molar-refractivity contribution in [2.75, 3.05) is 0 Å². The van der Waals surface area contributed by atoms with E-state index in [1.807, 2.05) is 19.9 Å². The third-order valence-electron chi connectivity index (χ3n) is 1.40. The van der Waals surface area contributed by atoms with Gasteiger partial charge in [0.15, 0.2) is 0 Å². The van der Waals surface area contributed by atoms with Gasteiger partial charge in [-0.2, -0.15) is 0 Å². The number of hydrogen-bond acceptors (Lipinski definition) is 2. The molecule has 0 saturated carbocycles. The van der Waals surface area contributed by atoms with Gasteiger partial charge in [0.2, 0.25) is 5.91 Å². The van der Waals surface area contributed by atoms with E-state index in [2.05, 4.69) is 0 Å². The second-order valence-electron chi connectivity index (χ2n) is 2.87. The van der Waals surface area contributed by atoms with Crippen LogP contribution in [0, 0.1) is 0 Å². The van der Waals surface area contributed by atoms with Crippen LogP contribution in [-0.2, 0) is 4.79 Å². The highest BCUT2D eigenvalue weighted by molar-refractivity contribution is 5.79. The molecule has 3 nitrogen and oxygen atoms in total. The van der Waals surface area contributed by atoms with Crippen LogP contribution in [-0.4, -0.2) is 11.9 Å². The highest BCUT2D eigenvalue weighted by atomic mass is 16.1. The van der Waals surface area contributed by atoms with Crippen LogP contribution in [0.2, 0.25) is 0 Å². The standard InChI is InChI=1S/C8H16N2O/c1-6(2)4-3-5-7(9)8(10)11/h4,7H,3,5,9H2,1-2H3,(H2,10,11). The topological polar surface area (TPSA) is 69.1 Å². The molecule has 0 aliphatic rings. The van der Waals surface area contributed by atoms with E-state index >= 15 is 0 Å². The third-order valence-corrected chi connectivity index (χ3v) is 1.40. The Hall–Kier alpha value is -0.830. The maximum atomic E-state index is 10.5. The molecule has 0 radical (unpaired) electrons. The molecule has 11 heavy (non-hydrogen) atoms. The van der Waals surface area contributed by atoms with E-state index in [9.17, 15) is 4.79 Å². The van der Waals surface area contributed by atoms with Gasteiger partial charge in [0.05, 0.1) is 6.04 Å². The summed E-state index contributed by atoms with van der Waals surface area (Å²) in [5, 5.41) is 0. The van der Waals surface area contributed by atoms with E-state index in [1.165, 1.54) is 5.57 Å². The van der Waals surface area contributed by atoms with E-state index in [-0.39, 0.29) is 0 Å². The van der Waals surface area contributed by atoms with Gasteiger partial charge in [0, 0.05) is 0 Å². The Morgan fingerprint density at radius 3 is 2.45 bits per heavy atom. The zero-order valence-corrected chi connectivity index (χ0v) is 7.13. The number of primary amides is 1. The van der Waals surface area contributed by atoms with Gasteiger partial charge in [0.25, 0.3) is 0 Å². The van der Waals surface area contributed by atoms with Gasteiger partial charge in [-0.05, 0) is 26.7 Å². The molecule has 0 heterocycles. The monoisotopic (exact) mass is 156 g/mol. The first kappa shape index (κ1) is 10.2. The molecule has 0 aromatic heterocycles. The third kappa shape index (κ3) is 5.61. The van der Waals surface area contributed by atoms with Crippen molar-refractivity contribution in [1.29, 1.82) is 0 Å². The molecule has 1 unspecified atom stereocenters. The van der Waals surface area contributed by atoms with Gasteiger partial charge in [-0.15, -0.1) is 0 Å². The molecule has 0 bridgehead atoms. The lowest BCUT2D eigenvalue weighted by atomic mass is 10.1. The van der Waals surface area contributed by atoms with Crippen molar-refractivity contribution in [2.45, 2.75) is 32.7 Å². The van der Waals surface area contributed by atoms with E-state index < -0.39 is 11.9 Å². The van der Waals surface area contributed by atoms with Crippen LogP contribution in [0.25, 0.3) is 0 Å². The molecule has 0 spiro atoms. The number of allylic oxidation sites excluding steroid dienone is 2. The number of carbonyl (C=O) groups excluding carboxylic acids is 1. The Morgan fingerprint density at radius 1 is 1.55 bits per heavy atom. The molecule has 0 rings (SSSR count). The zero-order valence-electron chi connectivity index (χ0n) is 7.13. The van der Waals surface area contributed by atoms with Gasteiger partial charge in [0.1, 0.15) is 0 Å². The lowest BCUT2D eigenvalue weighted by Gasteiger charge is -2.03. The zero-order chi connectivity index (χ0) is 8.85. The number of hydrogen-bond donors (Lipinski definition) is 2. The molecule has 1 amide bonds. The number of rotatable bonds is 4. The van der Waals surface area contributed by atoms with Crippen LogP contribution in [0.4, 0.5) is 0 Å². The van der Waals surface area contributed by atoms with Crippen molar-refractivity contribution in [3.05, 3.63) is 11.6 Å². The second-order valence-corrected chi connectivity index (χ2v) is 2.87. The predicted octanol–water partition coefficient (Wildman–Crippen LogP) is 0.545. The predicted molar refractivity (Wildman–Crippen MR) is 45.8 cm³/mol. The summed E-state index contributed by atoms with van der Waals surface area (Å²) in [4.78, 5) is 10.5. The summed E-state index contributed by atoms with van der Waals surface area (Å²) in [6.45, 7) is 4.02. The molecule has 0 aromatic rings. The van der Waals surface area contributed by atoms with Crippen LogP contribution in [0.3, 0.4) is 0 Å². The highest BCUT2D eigenvalue weighted by Gasteiger charge is 2.06. The van der Waals surface area contributed by atoms with Crippen molar-refractivity contribution in [1.82, 2.24) is 0 Å². The van der Waals surface area contributed by atoms with Crippen molar-refractivity contribution in [3.63, 3.8) is 0 Å². The van der Waals surface area contributed by atoms with Gasteiger partial charge >= 0.3 is 0 Å². The average Bonchev–Trinajstić information content (AvgIpc) is 1.86. The summed E-state index contributed by atoms with van der Waals surface area (Å²) >= 11 is 0. The van der Waals surface area contributed by atoms with Crippen LogP contribution < -0.4 is 11.5 Å². The Kier molecular flexibility index (Phi) is 4.54.